The zero-order chi connectivity index (χ0) is 20.1. The zero-order valence-corrected chi connectivity index (χ0v) is 16.8. The van der Waals surface area contributed by atoms with Crippen molar-refractivity contribution in [3.63, 3.8) is 0 Å². The molecule has 0 aliphatic carbocycles. The van der Waals surface area contributed by atoms with Crippen LogP contribution in [0.1, 0.15) is 18.5 Å². The van der Waals surface area contributed by atoms with Crippen LogP contribution < -0.4 is 19.9 Å². The number of hydrogen-bond acceptors (Lipinski definition) is 7. The first kappa shape index (κ1) is 19.0. The maximum atomic E-state index is 5.51. The molecular formula is C22H26N6O. The number of benzene rings is 2. The molecular weight excluding hydrogens is 364 g/mol. The van der Waals surface area contributed by atoms with E-state index in [4.69, 9.17) is 9.72 Å². The third-order valence-electron chi connectivity index (χ3n) is 5.22. The highest BCUT2D eigenvalue weighted by atomic mass is 16.5. The second-order valence-corrected chi connectivity index (χ2v) is 7.06. The fourth-order valence-corrected chi connectivity index (χ4v) is 3.59. The van der Waals surface area contributed by atoms with E-state index in [-0.39, 0.29) is 6.04 Å². The first-order valence-corrected chi connectivity index (χ1v) is 9.88. The molecule has 7 nitrogen and oxygen atoms in total. The molecule has 29 heavy (non-hydrogen) atoms. The van der Waals surface area contributed by atoms with Gasteiger partial charge in [0.2, 0.25) is 5.95 Å². The predicted octanol–water partition coefficient (Wildman–Crippen LogP) is 3.38. The average Bonchev–Trinajstić information content (AvgIpc) is 2.80. The SMILES string of the molecule is COc1ccccc1N1CCN(c2cnnc(NC(C)c3ccccc3)n2)CC1. The van der Waals surface area contributed by atoms with Crippen LogP contribution in [0.15, 0.2) is 60.8 Å². The lowest BCUT2D eigenvalue weighted by Crippen LogP contribution is -2.47. The molecule has 0 saturated carbocycles. The minimum atomic E-state index is 0.107. The third-order valence-corrected chi connectivity index (χ3v) is 5.22. The highest BCUT2D eigenvalue weighted by Crippen LogP contribution is 2.29. The first-order chi connectivity index (χ1) is 14.2. The molecule has 7 heteroatoms. The fraction of sp³-hybridized carbons (Fsp3) is 0.318. The van der Waals surface area contributed by atoms with E-state index in [2.05, 4.69) is 50.4 Å². The van der Waals surface area contributed by atoms with Gasteiger partial charge in [-0.1, -0.05) is 42.5 Å². The Balaban J connectivity index is 1.41. The molecule has 1 atom stereocenters. The minimum Gasteiger partial charge on any atom is -0.495 e. The van der Waals surface area contributed by atoms with Gasteiger partial charge in [0.15, 0.2) is 5.82 Å². The Kier molecular flexibility index (Phi) is 5.74. The van der Waals surface area contributed by atoms with Gasteiger partial charge in [0.05, 0.1) is 25.0 Å². The van der Waals surface area contributed by atoms with Gasteiger partial charge >= 0.3 is 0 Å². The predicted molar refractivity (Wildman–Crippen MR) is 116 cm³/mol. The number of nitrogens with zero attached hydrogens (tertiary/aromatic N) is 5. The van der Waals surface area contributed by atoms with Gasteiger partial charge in [-0.3, -0.25) is 0 Å². The van der Waals surface area contributed by atoms with Crippen LogP contribution in [0.25, 0.3) is 0 Å². The van der Waals surface area contributed by atoms with Crippen molar-refractivity contribution in [1.82, 2.24) is 15.2 Å². The Morgan fingerprint density at radius 1 is 0.931 bits per heavy atom. The summed E-state index contributed by atoms with van der Waals surface area (Å²) in [6, 6.07) is 18.5. The number of rotatable bonds is 6. The van der Waals surface area contributed by atoms with Crippen molar-refractivity contribution in [2.45, 2.75) is 13.0 Å². The van der Waals surface area contributed by atoms with Crippen molar-refractivity contribution < 1.29 is 4.74 Å². The standard InChI is InChI=1S/C22H26N6O/c1-17(18-8-4-3-5-9-18)24-22-25-21(16-23-26-22)28-14-12-27(13-15-28)19-10-6-7-11-20(19)29-2/h3-11,16-17H,12-15H2,1-2H3,(H,24,25,26). The van der Waals surface area contributed by atoms with Crippen molar-refractivity contribution in [3.8, 4) is 5.75 Å². The molecule has 2 heterocycles. The van der Waals surface area contributed by atoms with Gasteiger partial charge in [-0.05, 0) is 24.6 Å². The van der Waals surface area contributed by atoms with Crippen LogP contribution in [0.2, 0.25) is 0 Å². The van der Waals surface area contributed by atoms with Crippen LogP contribution in [-0.4, -0.2) is 48.5 Å². The van der Waals surface area contributed by atoms with Crippen molar-refractivity contribution >= 4 is 17.5 Å². The van der Waals surface area contributed by atoms with Crippen LogP contribution >= 0.6 is 0 Å². The number of piperazine rings is 1. The molecule has 1 unspecified atom stereocenters. The lowest BCUT2D eigenvalue weighted by molar-refractivity contribution is 0.413. The summed E-state index contributed by atoms with van der Waals surface area (Å²) in [7, 11) is 1.71. The molecule has 1 N–H and O–H groups in total. The third kappa shape index (κ3) is 4.39. The van der Waals surface area contributed by atoms with E-state index in [1.54, 1.807) is 13.3 Å². The summed E-state index contributed by atoms with van der Waals surface area (Å²) >= 11 is 0. The Bertz CT molecular complexity index is 927. The van der Waals surface area contributed by atoms with E-state index in [1.165, 1.54) is 5.56 Å². The maximum absolute atomic E-state index is 5.51. The van der Waals surface area contributed by atoms with Crippen molar-refractivity contribution in [2.24, 2.45) is 0 Å². The molecule has 2 aromatic carbocycles. The van der Waals surface area contributed by atoms with Gasteiger partial charge in [-0.15, -0.1) is 5.10 Å². The fourth-order valence-electron chi connectivity index (χ4n) is 3.59. The van der Waals surface area contributed by atoms with Crippen LogP contribution in [-0.2, 0) is 0 Å². The molecule has 1 fully saturated rings. The van der Waals surface area contributed by atoms with Crippen molar-refractivity contribution in [2.75, 3.05) is 48.4 Å². The lowest BCUT2D eigenvalue weighted by Gasteiger charge is -2.37. The van der Waals surface area contributed by atoms with Gasteiger partial charge in [0, 0.05) is 26.2 Å². The van der Waals surface area contributed by atoms with E-state index in [0.717, 1.165) is 43.4 Å². The summed E-state index contributed by atoms with van der Waals surface area (Å²) in [6.45, 7) is 5.62. The van der Waals surface area contributed by atoms with Gasteiger partial charge < -0.3 is 19.9 Å². The number of nitrogens with one attached hydrogen (secondary N) is 1. The maximum Gasteiger partial charge on any atom is 0.245 e. The van der Waals surface area contributed by atoms with Crippen LogP contribution in [0.4, 0.5) is 17.5 Å². The first-order valence-electron chi connectivity index (χ1n) is 9.88. The molecule has 3 aromatic rings. The number of aromatic nitrogens is 3. The monoisotopic (exact) mass is 390 g/mol. The molecule has 4 rings (SSSR count). The van der Waals surface area contributed by atoms with Gasteiger partial charge in [-0.2, -0.15) is 10.1 Å². The van der Waals surface area contributed by atoms with Crippen LogP contribution in [0.3, 0.4) is 0 Å². The van der Waals surface area contributed by atoms with Crippen molar-refractivity contribution in [3.05, 3.63) is 66.4 Å². The summed E-state index contributed by atoms with van der Waals surface area (Å²) in [6.07, 6.45) is 1.73. The summed E-state index contributed by atoms with van der Waals surface area (Å²) in [5.74, 6) is 2.31. The summed E-state index contributed by atoms with van der Waals surface area (Å²) in [5, 5.41) is 11.7. The van der Waals surface area contributed by atoms with Crippen LogP contribution in [0, 0.1) is 0 Å². The van der Waals surface area contributed by atoms with Crippen molar-refractivity contribution in [1.29, 1.82) is 0 Å². The Hall–Kier alpha value is -3.35. The Morgan fingerprint density at radius 3 is 2.38 bits per heavy atom. The van der Waals surface area contributed by atoms with Gasteiger partial charge in [-0.25, -0.2) is 0 Å². The number of para-hydroxylation sites is 2. The number of hydrogen-bond donors (Lipinski definition) is 1. The molecule has 1 aliphatic rings. The quantitative estimate of drug-likeness (QED) is 0.692. The molecule has 0 amide bonds. The summed E-state index contributed by atoms with van der Waals surface area (Å²) in [4.78, 5) is 9.29. The molecule has 1 aromatic heterocycles. The normalized spacial score (nSPS) is 15.1. The number of ether oxygens (including phenoxy) is 1. The molecule has 0 spiro atoms. The zero-order valence-electron chi connectivity index (χ0n) is 16.8. The summed E-state index contributed by atoms with van der Waals surface area (Å²) < 4.78 is 5.51. The Morgan fingerprint density at radius 2 is 1.62 bits per heavy atom. The lowest BCUT2D eigenvalue weighted by atomic mass is 10.1. The molecule has 1 aliphatic heterocycles. The van der Waals surface area contributed by atoms with E-state index in [0.29, 0.717) is 5.95 Å². The molecule has 0 bridgehead atoms. The van der Waals surface area contributed by atoms with Gasteiger partial charge in [0.1, 0.15) is 5.75 Å². The van der Waals surface area contributed by atoms with E-state index >= 15 is 0 Å². The molecule has 1 saturated heterocycles. The summed E-state index contributed by atoms with van der Waals surface area (Å²) in [5.41, 5.74) is 2.32. The van der Waals surface area contributed by atoms with Crippen LogP contribution in [0.5, 0.6) is 5.75 Å². The average molecular weight is 390 g/mol. The second kappa shape index (κ2) is 8.77. The molecule has 0 radical (unpaired) electrons. The van der Waals surface area contributed by atoms with E-state index in [1.807, 2.05) is 36.4 Å². The molecule has 150 valence electrons. The smallest absolute Gasteiger partial charge is 0.245 e. The van der Waals surface area contributed by atoms with Gasteiger partial charge in [0.25, 0.3) is 0 Å². The van der Waals surface area contributed by atoms with E-state index < -0.39 is 0 Å². The largest absolute Gasteiger partial charge is 0.495 e. The topological polar surface area (TPSA) is 66.4 Å². The van der Waals surface area contributed by atoms with E-state index in [9.17, 15) is 0 Å². The highest BCUT2D eigenvalue weighted by Gasteiger charge is 2.21. The number of anilines is 3. The number of methoxy groups -OCH3 is 1. The highest BCUT2D eigenvalue weighted by molar-refractivity contribution is 5.59. The Labute approximate surface area is 171 Å². The second-order valence-electron chi connectivity index (χ2n) is 7.06. The minimum absolute atomic E-state index is 0.107.